The molecule has 2 amide bonds. The first-order valence-corrected chi connectivity index (χ1v) is 10.9. The summed E-state index contributed by atoms with van der Waals surface area (Å²) in [4.78, 5) is 30.2. The van der Waals surface area contributed by atoms with E-state index >= 15 is 0 Å². The molecular formula is C25H31N3O3. The zero-order valence-electron chi connectivity index (χ0n) is 18.8. The highest BCUT2D eigenvalue weighted by molar-refractivity contribution is 5.93. The van der Waals surface area contributed by atoms with Crippen LogP contribution in [-0.2, 0) is 22.6 Å². The first-order chi connectivity index (χ1) is 14.9. The van der Waals surface area contributed by atoms with Gasteiger partial charge in [-0.15, -0.1) is 0 Å². The third kappa shape index (κ3) is 5.72. The van der Waals surface area contributed by atoms with E-state index in [0.29, 0.717) is 37.7 Å². The summed E-state index contributed by atoms with van der Waals surface area (Å²) in [5.74, 6) is 1.74. The molecule has 0 radical (unpaired) electrons. The van der Waals surface area contributed by atoms with Gasteiger partial charge in [0.1, 0.15) is 11.6 Å². The Hall–Kier alpha value is -3.15. The standard InChI is InChI=1S/C25H31N3O3/c1-5-13-31-24-20(7-6-8-21(24)17(2)3)16-28(4)23(30)12-9-18-14-19-10-11-22(29)27-25(19)26-15-18/h6-9,12,14-15,17H,5,10-11,13,16H2,1-4H3,(H,26,27,29). The Morgan fingerprint density at radius 1 is 1.32 bits per heavy atom. The van der Waals surface area contributed by atoms with Crippen LogP contribution in [-0.4, -0.2) is 35.4 Å². The number of hydrogen-bond acceptors (Lipinski definition) is 4. The van der Waals surface area contributed by atoms with Gasteiger partial charge in [0.05, 0.1) is 6.61 Å². The van der Waals surface area contributed by atoms with Crippen LogP contribution < -0.4 is 10.1 Å². The maximum atomic E-state index is 12.7. The number of nitrogens with one attached hydrogen (secondary N) is 1. The summed E-state index contributed by atoms with van der Waals surface area (Å²) in [5.41, 5.74) is 4.00. The molecule has 0 saturated heterocycles. The minimum absolute atomic E-state index is 0.0103. The number of nitrogens with zero attached hydrogens (tertiary/aromatic N) is 2. The van der Waals surface area contributed by atoms with Gasteiger partial charge in [-0.25, -0.2) is 4.98 Å². The summed E-state index contributed by atoms with van der Waals surface area (Å²) in [5, 5.41) is 2.77. The van der Waals surface area contributed by atoms with Gasteiger partial charge >= 0.3 is 0 Å². The van der Waals surface area contributed by atoms with Gasteiger partial charge in [-0.1, -0.05) is 39.0 Å². The number of fused-ring (bicyclic) bond motifs is 1. The van der Waals surface area contributed by atoms with Crippen LogP contribution >= 0.6 is 0 Å². The summed E-state index contributed by atoms with van der Waals surface area (Å²) in [6.45, 7) is 7.50. The van der Waals surface area contributed by atoms with Crippen LogP contribution in [0.4, 0.5) is 5.82 Å². The molecule has 0 unspecified atom stereocenters. The molecule has 0 saturated carbocycles. The molecule has 1 aromatic carbocycles. The fourth-order valence-corrected chi connectivity index (χ4v) is 3.56. The van der Waals surface area contributed by atoms with Crippen molar-refractivity contribution in [2.75, 3.05) is 19.0 Å². The Labute approximate surface area is 184 Å². The van der Waals surface area contributed by atoms with Gasteiger partial charge in [-0.05, 0) is 47.6 Å². The SMILES string of the molecule is CCCOc1c(CN(C)C(=O)C=Cc2cnc3c(c2)CCC(=O)N3)cccc1C(C)C. The van der Waals surface area contributed by atoms with Gasteiger partial charge < -0.3 is 15.0 Å². The Balaban J connectivity index is 1.71. The number of rotatable bonds is 8. The summed E-state index contributed by atoms with van der Waals surface area (Å²) in [7, 11) is 1.79. The lowest BCUT2D eigenvalue weighted by Crippen LogP contribution is -2.24. The molecule has 0 atom stereocenters. The van der Waals surface area contributed by atoms with Crippen LogP contribution in [0.3, 0.4) is 0 Å². The average Bonchev–Trinajstić information content (AvgIpc) is 2.76. The number of hydrogen-bond donors (Lipinski definition) is 1. The number of aryl methyl sites for hydroxylation is 1. The number of likely N-dealkylation sites (N-methyl/N-ethyl adjacent to an activating group) is 1. The van der Waals surface area contributed by atoms with E-state index in [-0.39, 0.29) is 11.8 Å². The smallest absolute Gasteiger partial charge is 0.246 e. The van der Waals surface area contributed by atoms with E-state index in [2.05, 4.69) is 37.1 Å². The van der Waals surface area contributed by atoms with Crippen LogP contribution in [0.5, 0.6) is 5.75 Å². The molecule has 1 N–H and O–H groups in total. The zero-order chi connectivity index (χ0) is 22.4. The quantitative estimate of drug-likeness (QED) is 0.635. The number of aromatic nitrogens is 1. The van der Waals surface area contributed by atoms with Gasteiger partial charge in [0.2, 0.25) is 11.8 Å². The molecule has 164 valence electrons. The van der Waals surface area contributed by atoms with Crippen LogP contribution in [0.15, 0.2) is 36.5 Å². The van der Waals surface area contributed by atoms with Gasteiger partial charge in [0, 0.05) is 37.8 Å². The van der Waals surface area contributed by atoms with Crippen molar-refractivity contribution >= 4 is 23.7 Å². The van der Waals surface area contributed by atoms with E-state index in [4.69, 9.17) is 4.74 Å². The highest BCUT2D eigenvalue weighted by Gasteiger charge is 2.17. The molecule has 0 aliphatic carbocycles. The van der Waals surface area contributed by atoms with Crippen molar-refractivity contribution in [1.29, 1.82) is 0 Å². The zero-order valence-corrected chi connectivity index (χ0v) is 18.8. The number of carbonyl (C=O) groups excluding carboxylic acids is 2. The Morgan fingerprint density at radius 2 is 2.13 bits per heavy atom. The van der Waals surface area contributed by atoms with E-state index in [1.807, 2.05) is 18.2 Å². The third-order valence-electron chi connectivity index (χ3n) is 5.27. The molecule has 31 heavy (non-hydrogen) atoms. The number of para-hydroxylation sites is 1. The first-order valence-electron chi connectivity index (χ1n) is 10.9. The molecule has 0 spiro atoms. The monoisotopic (exact) mass is 421 g/mol. The number of ether oxygens (including phenoxy) is 1. The highest BCUT2D eigenvalue weighted by atomic mass is 16.5. The van der Waals surface area contributed by atoms with Gasteiger partial charge in [-0.3, -0.25) is 9.59 Å². The molecule has 1 aliphatic rings. The summed E-state index contributed by atoms with van der Waals surface area (Å²) in [6, 6.07) is 8.10. The lowest BCUT2D eigenvalue weighted by Gasteiger charge is -2.21. The van der Waals surface area contributed by atoms with Crippen LogP contribution in [0, 0.1) is 0 Å². The van der Waals surface area contributed by atoms with Crippen LogP contribution in [0.1, 0.15) is 61.8 Å². The highest BCUT2D eigenvalue weighted by Crippen LogP contribution is 2.31. The molecule has 3 rings (SSSR count). The molecule has 1 aliphatic heterocycles. The van der Waals surface area contributed by atoms with Gasteiger partial charge in [-0.2, -0.15) is 0 Å². The van der Waals surface area contributed by atoms with E-state index in [1.165, 1.54) is 0 Å². The second-order valence-corrected chi connectivity index (χ2v) is 8.19. The number of amides is 2. The molecule has 6 heteroatoms. The first kappa shape index (κ1) is 22.5. The second kappa shape index (κ2) is 10.2. The minimum Gasteiger partial charge on any atom is -0.493 e. The van der Waals surface area contributed by atoms with E-state index < -0.39 is 0 Å². The minimum atomic E-state index is -0.0950. The molecule has 1 aromatic heterocycles. The molecule has 0 fully saturated rings. The lowest BCUT2D eigenvalue weighted by atomic mass is 9.98. The van der Waals surface area contributed by atoms with E-state index in [9.17, 15) is 9.59 Å². The molecular weight excluding hydrogens is 390 g/mol. The molecule has 2 heterocycles. The topological polar surface area (TPSA) is 71.5 Å². The third-order valence-corrected chi connectivity index (χ3v) is 5.27. The summed E-state index contributed by atoms with van der Waals surface area (Å²) in [6.07, 6.45) is 7.04. The predicted octanol–water partition coefficient (Wildman–Crippen LogP) is 4.55. The largest absolute Gasteiger partial charge is 0.493 e. The molecule has 0 bridgehead atoms. The fourth-order valence-electron chi connectivity index (χ4n) is 3.56. The van der Waals surface area contributed by atoms with E-state index in [0.717, 1.165) is 34.4 Å². The van der Waals surface area contributed by atoms with Crippen molar-refractivity contribution in [2.45, 2.75) is 52.5 Å². The Bertz CT molecular complexity index is 982. The normalized spacial score (nSPS) is 13.3. The van der Waals surface area contributed by atoms with Crippen molar-refractivity contribution in [2.24, 2.45) is 0 Å². The number of benzene rings is 1. The van der Waals surface area contributed by atoms with Crippen LogP contribution in [0.2, 0.25) is 0 Å². The fraction of sp³-hybridized carbons (Fsp3) is 0.400. The predicted molar refractivity (Wildman–Crippen MR) is 123 cm³/mol. The number of pyridine rings is 1. The molecule has 6 nitrogen and oxygen atoms in total. The number of carbonyl (C=O) groups is 2. The average molecular weight is 422 g/mol. The van der Waals surface area contributed by atoms with Crippen molar-refractivity contribution in [3.63, 3.8) is 0 Å². The summed E-state index contributed by atoms with van der Waals surface area (Å²) < 4.78 is 6.05. The number of anilines is 1. The Morgan fingerprint density at radius 3 is 2.87 bits per heavy atom. The maximum absolute atomic E-state index is 12.7. The maximum Gasteiger partial charge on any atom is 0.246 e. The summed E-state index contributed by atoms with van der Waals surface area (Å²) >= 11 is 0. The van der Waals surface area contributed by atoms with Crippen LogP contribution in [0.25, 0.3) is 6.08 Å². The second-order valence-electron chi connectivity index (χ2n) is 8.19. The Kier molecular flexibility index (Phi) is 7.45. The van der Waals surface area contributed by atoms with Gasteiger partial charge in [0.25, 0.3) is 0 Å². The van der Waals surface area contributed by atoms with Crippen molar-refractivity contribution < 1.29 is 14.3 Å². The van der Waals surface area contributed by atoms with Gasteiger partial charge in [0.15, 0.2) is 0 Å². The van der Waals surface area contributed by atoms with Crippen molar-refractivity contribution in [3.05, 3.63) is 58.8 Å². The van der Waals surface area contributed by atoms with Crippen molar-refractivity contribution in [1.82, 2.24) is 9.88 Å². The van der Waals surface area contributed by atoms with E-state index in [1.54, 1.807) is 30.3 Å². The lowest BCUT2D eigenvalue weighted by molar-refractivity contribution is -0.125. The van der Waals surface area contributed by atoms with Crippen molar-refractivity contribution in [3.8, 4) is 5.75 Å². The molecule has 2 aromatic rings.